The van der Waals surface area contributed by atoms with Crippen molar-refractivity contribution in [3.8, 4) is 0 Å². The molecule has 2 aliphatic rings. The van der Waals surface area contributed by atoms with Crippen LogP contribution in [0.4, 0.5) is 0 Å². The lowest BCUT2D eigenvalue weighted by molar-refractivity contribution is 0.456. The minimum Gasteiger partial charge on any atom is -0.0764 e. The van der Waals surface area contributed by atoms with Gasteiger partial charge in [-0.2, -0.15) is 0 Å². The van der Waals surface area contributed by atoms with Crippen LogP contribution < -0.4 is 10.4 Å². The van der Waals surface area contributed by atoms with E-state index in [9.17, 15) is 0 Å². The third-order valence-corrected chi connectivity index (χ3v) is 5.06. The molecule has 2 unspecified atom stereocenters. The lowest BCUT2D eigenvalue weighted by Gasteiger charge is -2.09. The van der Waals surface area contributed by atoms with Gasteiger partial charge in [-0.05, 0) is 65.9 Å². The van der Waals surface area contributed by atoms with Crippen molar-refractivity contribution in [2.45, 2.75) is 52.4 Å². The zero-order chi connectivity index (χ0) is 12.6. The number of aryl methyl sites for hydroxylation is 1. The summed E-state index contributed by atoms with van der Waals surface area (Å²) in [5, 5.41) is 2.90. The lowest BCUT2D eigenvalue weighted by Crippen LogP contribution is -2.26. The maximum absolute atomic E-state index is 2.45. The highest BCUT2D eigenvalue weighted by Gasteiger charge is 2.45. The van der Waals surface area contributed by atoms with Gasteiger partial charge in [0.1, 0.15) is 0 Å². The van der Waals surface area contributed by atoms with E-state index in [4.69, 9.17) is 0 Å². The van der Waals surface area contributed by atoms with Crippen molar-refractivity contribution in [2.24, 2.45) is 11.3 Å². The third-order valence-electron chi connectivity index (χ3n) is 5.06. The summed E-state index contributed by atoms with van der Waals surface area (Å²) < 4.78 is 0. The summed E-state index contributed by atoms with van der Waals surface area (Å²) in [7, 11) is 0. The van der Waals surface area contributed by atoms with Gasteiger partial charge in [0.2, 0.25) is 0 Å². The highest BCUT2D eigenvalue weighted by atomic mass is 14.5. The summed E-state index contributed by atoms with van der Waals surface area (Å²) in [6.45, 7) is 4.84. The largest absolute Gasteiger partial charge is 0.0764 e. The highest BCUT2D eigenvalue weighted by molar-refractivity contribution is 5.39. The Bertz CT molecular complexity index is 552. The minimum atomic E-state index is 0.675. The Morgan fingerprint density at radius 2 is 1.89 bits per heavy atom. The van der Waals surface area contributed by atoms with Crippen LogP contribution in [0.15, 0.2) is 18.2 Å². The zero-order valence-corrected chi connectivity index (χ0v) is 11.7. The molecule has 0 saturated heterocycles. The van der Waals surface area contributed by atoms with E-state index in [2.05, 4.69) is 44.2 Å². The molecule has 18 heavy (non-hydrogen) atoms. The summed E-state index contributed by atoms with van der Waals surface area (Å²) in [6, 6.07) is 7.04. The summed E-state index contributed by atoms with van der Waals surface area (Å²) in [4.78, 5) is 0. The summed E-state index contributed by atoms with van der Waals surface area (Å²) in [6.07, 6.45) is 12.6. The monoisotopic (exact) mass is 240 g/mol. The summed E-state index contributed by atoms with van der Waals surface area (Å²) in [5.41, 5.74) is 2.20. The van der Waals surface area contributed by atoms with Crippen LogP contribution in [0.1, 0.15) is 51.5 Å². The predicted molar refractivity (Wildman–Crippen MR) is 78.7 cm³/mol. The average Bonchev–Trinajstić information content (AvgIpc) is 2.97. The van der Waals surface area contributed by atoms with Crippen LogP contribution in [-0.2, 0) is 6.42 Å². The predicted octanol–water partition coefficient (Wildman–Crippen LogP) is 3.41. The second-order valence-corrected chi connectivity index (χ2v) is 6.56. The third kappa shape index (κ3) is 2.39. The van der Waals surface area contributed by atoms with Crippen LogP contribution in [0.2, 0.25) is 0 Å². The number of rotatable bonds is 4. The fraction of sp³-hybridized carbons (Fsp3) is 0.556. The standard InChI is InChI=1S/C18H24/c1-14-13-18(14,2)11-5-6-15-9-10-16-7-3-4-8-17(16)12-15/h7-10,12,14H,3-6,11,13H2,1-2H3. The van der Waals surface area contributed by atoms with Crippen molar-refractivity contribution in [3.05, 3.63) is 34.2 Å². The molecular formula is C18H24. The second kappa shape index (κ2) is 4.57. The minimum absolute atomic E-state index is 0.675. The van der Waals surface area contributed by atoms with E-state index in [1.54, 1.807) is 0 Å². The number of fused-ring (bicyclic) bond motifs is 1. The highest BCUT2D eigenvalue weighted by Crippen LogP contribution is 2.55. The fourth-order valence-electron chi connectivity index (χ4n) is 3.31. The molecule has 0 heteroatoms. The van der Waals surface area contributed by atoms with Gasteiger partial charge < -0.3 is 0 Å². The van der Waals surface area contributed by atoms with E-state index >= 15 is 0 Å². The van der Waals surface area contributed by atoms with Gasteiger partial charge in [-0.1, -0.05) is 44.2 Å². The molecule has 1 fully saturated rings. The summed E-state index contributed by atoms with van der Waals surface area (Å²) >= 11 is 0. The zero-order valence-electron chi connectivity index (χ0n) is 11.7. The van der Waals surface area contributed by atoms with Crippen LogP contribution in [-0.4, -0.2) is 0 Å². The van der Waals surface area contributed by atoms with E-state index in [0.29, 0.717) is 5.41 Å². The quantitative estimate of drug-likeness (QED) is 0.756. The van der Waals surface area contributed by atoms with Crippen LogP contribution in [0.5, 0.6) is 0 Å². The fourth-order valence-corrected chi connectivity index (χ4v) is 3.31. The average molecular weight is 240 g/mol. The molecule has 1 aromatic rings. The Kier molecular flexibility index (Phi) is 3.05. The molecule has 0 spiro atoms. The molecule has 0 heterocycles. The molecule has 2 atom stereocenters. The van der Waals surface area contributed by atoms with Crippen LogP contribution >= 0.6 is 0 Å². The molecule has 96 valence electrons. The van der Waals surface area contributed by atoms with E-state index in [-0.39, 0.29) is 0 Å². The molecule has 0 aliphatic heterocycles. The van der Waals surface area contributed by atoms with Crippen LogP contribution in [0.3, 0.4) is 0 Å². The normalized spacial score (nSPS) is 29.1. The van der Waals surface area contributed by atoms with E-state index in [1.807, 2.05) is 0 Å². The Labute approximate surface area is 110 Å². The molecule has 0 amide bonds. The van der Waals surface area contributed by atoms with Crippen molar-refractivity contribution >= 4 is 12.2 Å². The van der Waals surface area contributed by atoms with E-state index < -0.39 is 0 Å². The van der Waals surface area contributed by atoms with Crippen molar-refractivity contribution in [1.29, 1.82) is 0 Å². The number of benzene rings is 1. The molecule has 2 aliphatic carbocycles. The van der Waals surface area contributed by atoms with Crippen molar-refractivity contribution in [1.82, 2.24) is 0 Å². The first-order valence-electron chi connectivity index (χ1n) is 7.47. The molecular weight excluding hydrogens is 216 g/mol. The van der Waals surface area contributed by atoms with Crippen molar-refractivity contribution < 1.29 is 0 Å². The van der Waals surface area contributed by atoms with E-state index in [0.717, 1.165) is 5.92 Å². The van der Waals surface area contributed by atoms with Gasteiger partial charge in [0.05, 0.1) is 0 Å². The van der Waals surface area contributed by atoms with Crippen LogP contribution in [0.25, 0.3) is 12.2 Å². The Morgan fingerprint density at radius 3 is 2.61 bits per heavy atom. The van der Waals surface area contributed by atoms with Gasteiger partial charge in [0.25, 0.3) is 0 Å². The first kappa shape index (κ1) is 12.0. The molecule has 3 rings (SSSR count). The van der Waals surface area contributed by atoms with Crippen molar-refractivity contribution in [3.63, 3.8) is 0 Å². The molecule has 1 aromatic carbocycles. The topological polar surface area (TPSA) is 0 Å². The van der Waals surface area contributed by atoms with Gasteiger partial charge in [0.15, 0.2) is 0 Å². The van der Waals surface area contributed by atoms with Gasteiger partial charge in [-0.3, -0.25) is 0 Å². The SMILES string of the molecule is CC1CC1(C)CCCc1ccc2c(c1)=CCCC=2. The van der Waals surface area contributed by atoms with E-state index in [1.165, 1.54) is 54.5 Å². The van der Waals surface area contributed by atoms with Gasteiger partial charge in [-0.15, -0.1) is 0 Å². The first-order chi connectivity index (χ1) is 8.67. The van der Waals surface area contributed by atoms with Gasteiger partial charge in [0, 0.05) is 0 Å². The Hall–Kier alpha value is -1.04. The Morgan fingerprint density at radius 1 is 1.17 bits per heavy atom. The first-order valence-corrected chi connectivity index (χ1v) is 7.47. The molecule has 1 saturated carbocycles. The second-order valence-electron chi connectivity index (χ2n) is 6.56. The molecule has 0 aromatic heterocycles. The molecule has 0 bridgehead atoms. The molecule has 0 nitrogen and oxygen atoms in total. The van der Waals surface area contributed by atoms with Crippen LogP contribution in [0, 0.1) is 11.3 Å². The van der Waals surface area contributed by atoms with Gasteiger partial charge in [-0.25, -0.2) is 0 Å². The maximum Gasteiger partial charge on any atom is -0.0224 e. The number of hydrogen-bond donors (Lipinski definition) is 0. The van der Waals surface area contributed by atoms with Gasteiger partial charge >= 0.3 is 0 Å². The van der Waals surface area contributed by atoms with Crippen molar-refractivity contribution in [2.75, 3.05) is 0 Å². The molecule has 0 radical (unpaired) electrons. The maximum atomic E-state index is 2.45. The summed E-state index contributed by atoms with van der Waals surface area (Å²) in [5.74, 6) is 0.962. The molecule has 0 N–H and O–H groups in total. The number of hydrogen-bond acceptors (Lipinski definition) is 0. The lowest BCUT2D eigenvalue weighted by atomic mass is 9.96. The Balaban J connectivity index is 1.64. The smallest absolute Gasteiger partial charge is 0.0224 e.